The van der Waals surface area contributed by atoms with Gasteiger partial charge in [-0.25, -0.2) is 0 Å². The third-order valence-corrected chi connectivity index (χ3v) is 2.47. The van der Waals surface area contributed by atoms with Crippen LogP contribution in [0, 0.1) is 6.92 Å². The summed E-state index contributed by atoms with van der Waals surface area (Å²) in [6.45, 7) is 1.80. The van der Waals surface area contributed by atoms with Crippen LogP contribution in [0.15, 0.2) is 18.2 Å². The molecular weight excluding hydrogens is 238 g/mol. The third kappa shape index (κ3) is 4.99. The largest absolute Gasteiger partial charge is 0.508 e. The lowest BCUT2D eigenvalue weighted by molar-refractivity contribution is -0.0965. The molecule has 5 N–H and O–H groups in total. The van der Waals surface area contributed by atoms with E-state index in [-0.39, 0.29) is 25.4 Å². The molecule has 0 heterocycles. The Morgan fingerprint density at radius 3 is 2.11 bits per heavy atom. The molecule has 0 saturated heterocycles. The van der Waals surface area contributed by atoms with E-state index >= 15 is 0 Å². The number of hydrogen-bond acceptors (Lipinski definition) is 6. The van der Waals surface area contributed by atoms with Crippen molar-refractivity contribution in [1.29, 1.82) is 0 Å². The summed E-state index contributed by atoms with van der Waals surface area (Å²) in [5.41, 5.74) is 1.55. The van der Waals surface area contributed by atoms with Crippen molar-refractivity contribution >= 4 is 0 Å². The monoisotopic (exact) mass is 257 g/mol. The molecule has 102 valence electrons. The van der Waals surface area contributed by atoms with Crippen molar-refractivity contribution in [3.8, 4) is 5.75 Å². The molecule has 0 aliphatic rings. The Morgan fingerprint density at radius 1 is 1.06 bits per heavy atom. The number of aromatic hydroxyl groups is 1. The van der Waals surface area contributed by atoms with Gasteiger partial charge >= 0.3 is 0 Å². The van der Waals surface area contributed by atoms with E-state index in [9.17, 15) is 5.11 Å². The van der Waals surface area contributed by atoms with Crippen molar-refractivity contribution in [1.82, 2.24) is 4.90 Å². The molecule has 0 radical (unpaired) electrons. The molecule has 0 amide bonds. The number of aliphatic hydroxyl groups is 4. The van der Waals surface area contributed by atoms with E-state index in [1.807, 2.05) is 6.92 Å². The highest BCUT2D eigenvalue weighted by atomic mass is 16.5. The molecule has 0 aromatic heterocycles. The molecule has 1 rings (SSSR count). The van der Waals surface area contributed by atoms with Crippen molar-refractivity contribution in [3.05, 3.63) is 29.3 Å². The molecule has 0 unspecified atom stereocenters. The van der Waals surface area contributed by atoms with Gasteiger partial charge in [0.05, 0.1) is 0 Å². The molecule has 1 aromatic carbocycles. The maximum absolute atomic E-state index is 9.68. The van der Waals surface area contributed by atoms with Crippen molar-refractivity contribution in [3.63, 3.8) is 0 Å². The lowest BCUT2D eigenvalue weighted by Crippen LogP contribution is -2.37. The lowest BCUT2D eigenvalue weighted by atomic mass is 10.1. The van der Waals surface area contributed by atoms with Crippen molar-refractivity contribution in [2.24, 2.45) is 0 Å². The summed E-state index contributed by atoms with van der Waals surface area (Å²) in [7, 11) is 0. The Hall–Kier alpha value is -1.18. The molecule has 6 heteroatoms. The van der Waals surface area contributed by atoms with Crippen molar-refractivity contribution in [2.45, 2.75) is 26.0 Å². The predicted molar refractivity (Wildman–Crippen MR) is 64.6 cm³/mol. The summed E-state index contributed by atoms with van der Waals surface area (Å²) in [5.74, 6) is 0.0884. The fourth-order valence-corrected chi connectivity index (χ4v) is 1.75. The average molecular weight is 257 g/mol. The van der Waals surface area contributed by atoms with Crippen LogP contribution in [0.25, 0.3) is 0 Å². The zero-order chi connectivity index (χ0) is 13.7. The number of rotatable bonds is 6. The SMILES string of the molecule is Cc1ccc(O)c(CN(CC(O)O)CC(O)O)c1. The van der Waals surface area contributed by atoms with E-state index in [0.29, 0.717) is 5.56 Å². The van der Waals surface area contributed by atoms with Crippen LogP contribution in [0.2, 0.25) is 0 Å². The van der Waals surface area contributed by atoms with Gasteiger partial charge < -0.3 is 25.5 Å². The quantitative estimate of drug-likeness (QED) is 0.424. The minimum Gasteiger partial charge on any atom is -0.508 e. The number of aryl methyl sites for hydroxylation is 1. The van der Waals surface area contributed by atoms with E-state index in [4.69, 9.17) is 20.4 Å². The summed E-state index contributed by atoms with van der Waals surface area (Å²) < 4.78 is 0. The molecule has 6 nitrogen and oxygen atoms in total. The molecule has 0 saturated carbocycles. The Labute approximate surface area is 105 Å². The van der Waals surface area contributed by atoms with E-state index in [1.165, 1.54) is 4.90 Å². The number of aliphatic hydroxyl groups excluding tert-OH is 2. The Kier molecular flexibility index (Phi) is 5.52. The molecule has 0 aliphatic heterocycles. The first kappa shape index (κ1) is 14.9. The Bertz CT molecular complexity index is 371. The number of hydrogen-bond donors (Lipinski definition) is 5. The number of nitrogens with zero attached hydrogens (tertiary/aromatic N) is 1. The van der Waals surface area contributed by atoms with E-state index < -0.39 is 12.6 Å². The van der Waals surface area contributed by atoms with E-state index in [2.05, 4.69) is 0 Å². The highest BCUT2D eigenvalue weighted by molar-refractivity contribution is 5.35. The molecule has 0 fully saturated rings. The maximum Gasteiger partial charge on any atom is 0.164 e. The fraction of sp³-hybridized carbons (Fsp3) is 0.500. The average Bonchev–Trinajstić information content (AvgIpc) is 2.21. The van der Waals surface area contributed by atoms with Gasteiger partial charge in [-0.2, -0.15) is 0 Å². The van der Waals surface area contributed by atoms with Crippen LogP contribution in [0.1, 0.15) is 11.1 Å². The van der Waals surface area contributed by atoms with Gasteiger partial charge in [0.1, 0.15) is 5.75 Å². The summed E-state index contributed by atoms with van der Waals surface area (Å²) in [6.07, 6.45) is -3.15. The van der Waals surface area contributed by atoms with Crippen LogP contribution in [0.4, 0.5) is 0 Å². The zero-order valence-electron chi connectivity index (χ0n) is 10.2. The molecular formula is C12H19NO5. The smallest absolute Gasteiger partial charge is 0.164 e. The summed E-state index contributed by atoms with van der Waals surface area (Å²) >= 11 is 0. The molecule has 0 aliphatic carbocycles. The first-order valence-corrected chi connectivity index (χ1v) is 5.61. The highest BCUT2D eigenvalue weighted by Crippen LogP contribution is 2.20. The lowest BCUT2D eigenvalue weighted by Gasteiger charge is -2.24. The molecule has 18 heavy (non-hydrogen) atoms. The Balaban J connectivity index is 2.77. The van der Waals surface area contributed by atoms with Crippen LogP contribution in [0.3, 0.4) is 0 Å². The van der Waals surface area contributed by atoms with Gasteiger partial charge in [-0.05, 0) is 13.0 Å². The van der Waals surface area contributed by atoms with Gasteiger partial charge in [-0.3, -0.25) is 4.90 Å². The first-order chi connectivity index (χ1) is 8.38. The van der Waals surface area contributed by atoms with Crippen LogP contribution < -0.4 is 0 Å². The highest BCUT2D eigenvalue weighted by Gasteiger charge is 2.15. The topological polar surface area (TPSA) is 104 Å². The number of phenolic OH excluding ortho intramolecular Hbond substituents is 1. The fourth-order valence-electron chi connectivity index (χ4n) is 1.75. The minimum absolute atomic E-state index is 0.0884. The normalized spacial score (nSPS) is 11.8. The third-order valence-electron chi connectivity index (χ3n) is 2.47. The van der Waals surface area contributed by atoms with Crippen molar-refractivity contribution < 1.29 is 25.5 Å². The van der Waals surface area contributed by atoms with E-state index in [0.717, 1.165) is 5.56 Å². The molecule has 0 spiro atoms. The van der Waals surface area contributed by atoms with Crippen LogP contribution in [0.5, 0.6) is 5.75 Å². The summed E-state index contributed by atoms with van der Waals surface area (Å²) in [6, 6.07) is 5.06. The summed E-state index contributed by atoms with van der Waals surface area (Å²) in [5, 5.41) is 45.4. The van der Waals surface area contributed by atoms with Gasteiger partial charge in [0.25, 0.3) is 0 Å². The number of phenols is 1. The van der Waals surface area contributed by atoms with Crippen LogP contribution in [-0.4, -0.2) is 56.1 Å². The van der Waals surface area contributed by atoms with Crippen molar-refractivity contribution in [2.75, 3.05) is 13.1 Å². The van der Waals surface area contributed by atoms with Crippen LogP contribution in [-0.2, 0) is 6.54 Å². The minimum atomic E-state index is -1.57. The second kappa shape index (κ2) is 6.67. The first-order valence-electron chi connectivity index (χ1n) is 5.61. The molecule has 0 atom stereocenters. The molecule has 1 aromatic rings. The van der Waals surface area contributed by atoms with Gasteiger partial charge in [-0.15, -0.1) is 0 Å². The van der Waals surface area contributed by atoms with Gasteiger partial charge in [0, 0.05) is 25.2 Å². The Morgan fingerprint density at radius 2 is 1.61 bits per heavy atom. The zero-order valence-corrected chi connectivity index (χ0v) is 10.2. The summed E-state index contributed by atoms with van der Waals surface area (Å²) in [4.78, 5) is 1.43. The van der Waals surface area contributed by atoms with Crippen LogP contribution >= 0.6 is 0 Å². The number of benzene rings is 1. The van der Waals surface area contributed by atoms with Gasteiger partial charge in [-0.1, -0.05) is 17.7 Å². The van der Waals surface area contributed by atoms with Gasteiger partial charge in [0.15, 0.2) is 12.6 Å². The standard InChI is InChI=1S/C12H19NO5/c1-8-2-3-10(14)9(4-8)5-13(6-11(15)16)7-12(17)18/h2-4,11-12,14-18H,5-7H2,1H3. The molecule has 0 bridgehead atoms. The van der Waals surface area contributed by atoms with E-state index in [1.54, 1.807) is 18.2 Å². The second-order valence-corrected chi connectivity index (χ2v) is 4.29. The maximum atomic E-state index is 9.68. The predicted octanol–water partition coefficient (Wildman–Crippen LogP) is -0.876. The van der Waals surface area contributed by atoms with Gasteiger partial charge in [0.2, 0.25) is 0 Å². The second-order valence-electron chi connectivity index (χ2n) is 4.29.